The van der Waals surface area contributed by atoms with Gasteiger partial charge in [0.15, 0.2) is 0 Å². The number of nitrogens with one attached hydrogen (secondary N) is 2. The first-order chi connectivity index (χ1) is 13.5. The van der Waals surface area contributed by atoms with E-state index in [1.54, 1.807) is 12.1 Å². The molecular weight excluding hydrogens is 359 g/mol. The maximum absolute atomic E-state index is 12.9. The van der Waals surface area contributed by atoms with Gasteiger partial charge in [-0.2, -0.15) is 0 Å². The normalized spacial score (nSPS) is 21.9. The number of piperidine rings is 1. The fourth-order valence-electron chi connectivity index (χ4n) is 4.03. The molecule has 0 bridgehead atoms. The topological polar surface area (TPSA) is 64.7 Å². The van der Waals surface area contributed by atoms with Crippen molar-refractivity contribution in [2.45, 2.75) is 26.2 Å². The second kappa shape index (κ2) is 9.98. The minimum absolute atomic E-state index is 0.121. The third kappa shape index (κ3) is 6.01. The number of amides is 2. The predicted octanol–water partition coefficient (Wildman–Crippen LogP) is 1.93. The zero-order valence-electron chi connectivity index (χ0n) is 16.6. The van der Waals surface area contributed by atoms with E-state index in [1.807, 2.05) is 4.90 Å². The zero-order valence-corrected chi connectivity index (χ0v) is 16.6. The Morgan fingerprint density at radius 3 is 2.57 bits per heavy atom. The molecule has 0 saturated carbocycles. The molecule has 0 aromatic heterocycles. The van der Waals surface area contributed by atoms with Crippen LogP contribution >= 0.6 is 0 Å². The first kappa shape index (κ1) is 20.7. The van der Waals surface area contributed by atoms with Crippen molar-refractivity contribution >= 4 is 17.5 Å². The van der Waals surface area contributed by atoms with Gasteiger partial charge < -0.3 is 15.5 Å². The largest absolute Gasteiger partial charge is 0.340 e. The molecule has 0 aliphatic carbocycles. The summed E-state index contributed by atoms with van der Waals surface area (Å²) in [5, 5.41) is 6.20. The van der Waals surface area contributed by atoms with Crippen LogP contribution in [0.2, 0.25) is 0 Å². The summed E-state index contributed by atoms with van der Waals surface area (Å²) in [7, 11) is 0. The fourth-order valence-corrected chi connectivity index (χ4v) is 4.03. The highest BCUT2D eigenvalue weighted by Gasteiger charge is 2.27. The van der Waals surface area contributed by atoms with E-state index in [-0.39, 0.29) is 24.2 Å². The van der Waals surface area contributed by atoms with Gasteiger partial charge in [-0.15, -0.1) is 0 Å². The summed E-state index contributed by atoms with van der Waals surface area (Å²) in [5.74, 6) is 0.778. The first-order valence-electron chi connectivity index (χ1n) is 10.3. The molecule has 154 valence electrons. The summed E-state index contributed by atoms with van der Waals surface area (Å²) in [6.07, 6.45) is 3.01. The molecule has 2 aliphatic heterocycles. The first-order valence-corrected chi connectivity index (χ1v) is 10.3. The SMILES string of the molecule is CC(CC(=O)N1CCN(CC(=O)Nc2ccc(F)cc2)CC1)C1CCCNC1. The van der Waals surface area contributed by atoms with E-state index in [0.717, 1.165) is 13.1 Å². The lowest BCUT2D eigenvalue weighted by molar-refractivity contribution is -0.134. The molecular formula is C21H31FN4O2. The third-order valence-electron chi connectivity index (χ3n) is 5.86. The lowest BCUT2D eigenvalue weighted by Gasteiger charge is -2.36. The second-order valence-electron chi connectivity index (χ2n) is 8.00. The van der Waals surface area contributed by atoms with E-state index >= 15 is 0 Å². The van der Waals surface area contributed by atoms with Crippen molar-refractivity contribution in [3.05, 3.63) is 30.1 Å². The Morgan fingerprint density at radius 1 is 1.21 bits per heavy atom. The number of anilines is 1. The number of carbonyl (C=O) groups excluding carboxylic acids is 2. The Kier molecular flexibility index (Phi) is 7.39. The molecule has 2 atom stereocenters. The van der Waals surface area contributed by atoms with Crippen molar-refractivity contribution in [1.82, 2.24) is 15.1 Å². The highest BCUT2D eigenvalue weighted by Crippen LogP contribution is 2.23. The molecule has 3 rings (SSSR count). The van der Waals surface area contributed by atoms with Crippen LogP contribution in [0.3, 0.4) is 0 Å². The quantitative estimate of drug-likeness (QED) is 0.779. The Bertz CT molecular complexity index is 653. The summed E-state index contributed by atoms with van der Waals surface area (Å²) < 4.78 is 12.9. The average molecular weight is 391 g/mol. The van der Waals surface area contributed by atoms with Gasteiger partial charge in [-0.25, -0.2) is 4.39 Å². The molecule has 2 saturated heterocycles. The fraction of sp³-hybridized carbons (Fsp3) is 0.619. The number of hydrogen-bond donors (Lipinski definition) is 2. The van der Waals surface area contributed by atoms with Gasteiger partial charge in [0.2, 0.25) is 11.8 Å². The maximum Gasteiger partial charge on any atom is 0.238 e. The van der Waals surface area contributed by atoms with Crippen LogP contribution in [0.25, 0.3) is 0 Å². The number of rotatable bonds is 6. The van der Waals surface area contributed by atoms with Crippen LogP contribution in [0.15, 0.2) is 24.3 Å². The maximum atomic E-state index is 12.9. The molecule has 2 fully saturated rings. The van der Waals surface area contributed by atoms with Gasteiger partial charge in [-0.05, 0) is 62.0 Å². The highest BCUT2D eigenvalue weighted by atomic mass is 19.1. The highest BCUT2D eigenvalue weighted by molar-refractivity contribution is 5.92. The van der Waals surface area contributed by atoms with Gasteiger partial charge in [0.25, 0.3) is 0 Å². The van der Waals surface area contributed by atoms with Gasteiger partial charge in [0.1, 0.15) is 5.82 Å². The lowest BCUT2D eigenvalue weighted by Crippen LogP contribution is -2.50. The monoisotopic (exact) mass is 390 g/mol. The van der Waals surface area contributed by atoms with Gasteiger partial charge in [0.05, 0.1) is 6.54 Å². The zero-order chi connectivity index (χ0) is 19.9. The average Bonchev–Trinajstić information content (AvgIpc) is 2.71. The molecule has 2 N–H and O–H groups in total. The number of benzene rings is 1. The number of hydrogen-bond acceptors (Lipinski definition) is 4. The van der Waals surface area contributed by atoms with Crippen LogP contribution < -0.4 is 10.6 Å². The summed E-state index contributed by atoms with van der Waals surface area (Å²) in [6.45, 7) is 7.30. The Morgan fingerprint density at radius 2 is 1.93 bits per heavy atom. The number of carbonyl (C=O) groups is 2. The Labute approximate surface area is 166 Å². The molecule has 1 aromatic carbocycles. The van der Waals surface area contributed by atoms with E-state index in [4.69, 9.17) is 0 Å². The molecule has 2 heterocycles. The number of nitrogens with zero attached hydrogens (tertiary/aromatic N) is 2. The van der Waals surface area contributed by atoms with Crippen LogP contribution in [0, 0.1) is 17.7 Å². The molecule has 28 heavy (non-hydrogen) atoms. The van der Waals surface area contributed by atoms with Gasteiger partial charge >= 0.3 is 0 Å². The summed E-state index contributed by atoms with van der Waals surface area (Å²) in [5.41, 5.74) is 0.589. The molecule has 7 heteroatoms. The minimum atomic E-state index is -0.326. The van der Waals surface area contributed by atoms with Crippen LogP contribution in [0.1, 0.15) is 26.2 Å². The summed E-state index contributed by atoms with van der Waals surface area (Å²) in [4.78, 5) is 28.8. The van der Waals surface area contributed by atoms with Crippen molar-refractivity contribution in [1.29, 1.82) is 0 Å². The van der Waals surface area contributed by atoms with Crippen molar-refractivity contribution in [2.75, 3.05) is 51.1 Å². The smallest absolute Gasteiger partial charge is 0.238 e. The standard InChI is InChI=1S/C21H31FN4O2/c1-16(17-3-2-8-23-14-17)13-21(28)26-11-9-25(10-12-26)15-20(27)24-19-6-4-18(22)5-7-19/h4-7,16-17,23H,2-3,8-15H2,1H3,(H,24,27). The molecule has 2 aliphatic rings. The van der Waals surface area contributed by atoms with Crippen LogP contribution in [-0.2, 0) is 9.59 Å². The van der Waals surface area contributed by atoms with E-state index in [2.05, 4.69) is 22.5 Å². The number of halogens is 1. The molecule has 2 amide bonds. The van der Waals surface area contributed by atoms with Crippen molar-refractivity contribution in [2.24, 2.45) is 11.8 Å². The summed E-state index contributed by atoms with van der Waals surface area (Å²) in [6, 6.07) is 5.74. The lowest BCUT2D eigenvalue weighted by atomic mass is 9.85. The second-order valence-corrected chi connectivity index (χ2v) is 8.00. The van der Waals surface area contributed by atoms with Gasteiger partial charge in [0, 0.05) is 38.3 Å². The van der Waals surface area contributed by atoms with E-state index in [0.29, 0.717) is 50.1 Å². The van der Waals surface area contributed by atoms with Crippen molar-refractivity contribution in [3.63, 3.8) is 0 Å². The molecule has 2 unspecified atom stereocenters. The van der Waals surface area contributed by atoms with Crippen LogP contribution in [0.5, 0.6) is 0 Å². The molecule has 1 aromatic rings. The van der Waals surface area contributed by atoms with Crippen LogP contribution in [0.4, 0.5) is 10.1 Å². The third-order valence-corrected chi connectivity index (χ3v) is 5.86. The van der Waals surface area contributed by atoms with E-state index in [9.17, 15) is 14.0 Å². The molecule has 0 radical (unpaired) electrons. The van der Waals surface area contributed by atoms with Crippen molar-refractivity contribution in [3.8, 4) is 0 Å². The minimum Gasteiger partial charge on any atom is -0.340 e. The number of piperazine rings is 1. The summed E-state index contributed by atoms with van der Waals surface area (Å²) >= 11 is 0. The van der Waals surface area contributed by atoms with Gasteiger partial charge in [-0.3, -0.25) is 14.5 Å². The van der Waals surface area contributed by atoms with Gasteiger partial charge in [-0.1, -0.05) is 6.92 Å². The van der Waals surface area contributed by atoms with Crippen molar-refractivity contribution < 1.29 is 14.0 Å². The molecule has 6 nitrogen and oxygen atoms in total. The Hall–Kier alpha value is -1.99. The van der Waals surface area contributed by atoms with E-state index < -0.39 is 0 Å². The van der Waals surface area contributed by atoms with Crippen LogP contribution in [-0.4, -0.2) is 67.4 Å². The molecule has 0 spiro atoms. The predicted molar refractivity (Wildman–Crippen MR) is 107 cm³/mol. The Balaban J connectivity index is 1.38. The van der Waals surface area contributed by atoms with E-state index in [1.165, 1.54) is 25.0 Å².